The molecule has 0 amide bonds. The van der Waals surface area contributed by atoms with E-state index in [4.69, 9.17) is 10.8 Å². The Bertz CT molecular complexity index is 690. The monoisotopic (exact) mass is 342 g/mol. The fourth-order valence-electron chi connectivity index (χ4n) is 3.68. The van der Waals surface area contributed by atoms with Crippen LogP contribution in [-0.2, 0) is 4.79 Å². The van der Waals surface area contributed by atoms with E-state index in [0.717, 1.165) is 17.7 Å². The summed E-state index contributed by atoms with van der Waals surface area (Å²) in [5.41, 5.74) is 7.72. The molecule has 134 valence electrons. The minimum Gasteiger partial charge on any atom is -0.481 e. The Morgan fingerprint density at radius 1 is 1.28 bits per heavy atom. The molecule has 0 spiro atoms. The molecule has 0 radical (unpaired) electrons. The van der Waals surface area contributed by atoms with Crippen molar-refractivity contribution < 1.29 is 9.90 Å². The Labute approximate surface area is 148 Å². The van der Waals surface area contributed by atoms with Gasteiger partial charge < -0.3 is 15.4 Å². The van der Waals surface area contributed by atoms with Crippen molar-refractivity contribution in [2.75, 3.05) is 5.73 Å². The van der Waals surface area contributed by atoms with Crippen LogP contribution in [0.2, 0.25) is 0 Å². The Kier molecular flexibility index (Phi) is 5.68. The van der Waals surface area contributed by atoms with E-state index in [-0.39, 0.29) is 12.3 Å². The van der Waals surface area contributed by atoms with Crippen molar-refractivity contribution >= 4 is 11.8 Å². The van der Waals surface area contributed by atoms with Crippen molar-refractivity contribution in [3.63, 3.8) is 0 Å². The number of carbonyl (C=O) groups is 1. The standard InChI is InChI=1S/C19H26N4O2/c20-18-10-9-14(11-21-18)16(7-4-8-19(24)25)17-12-23(13-22-17)15-5-2-1-3-6-15/h9-13,15-16H,1-8H2,(H2,20,21)(H,24,25)/t16-/m1/s1. The van der Waals surface area contributed by atoms with Crippen molar-refractivity contribution in [3.05, 3.63) is 42.1 Å². The van der Waals surface area contributed by atoms with Gasteiger partial charge in [0.1, 0.15) is 5.82 Å². The number of carboxylic acids is 1. The summed E-state index contributed by atoms with van der Waals surface area (Å²) in [7, 11) is 0. The molecule has 2 heterocycles. The zero-order chi connectivity index (χ0) is 17.6. The second-order valence-corrected chi connectivity index (χ2v) is 6.89. The highest BCUT2D eigenvalue weighted by atomic mass is 16.4. The highest BCUT2D eigenvalue weighted by molar-refractivity contribution is 5.66. The summed E-state index contributed by atoms with van der Waals surface area (Å²) >= 11 is 0. The number of carboxylic acid groups (broad SMARTS) is 1. The van der Waals surface area contributed by atoms with Gasteiger partial charge in [-0.3, -0.25) is 4.79 Å². The average Bonchev–Trinajstić information content (AvgIpc) is 3.10. The van der Waals surface area contributed by atoms with Crippen molar-refractivity contribution in [3.8, 4) is 0 Å². The van der Waals surface area contributed by atoms with Gasteiger partial charge in [-0.25, -0.2) is 9.97 Å². The van der Waals surface area contributed by atoms with E-state index in [1.165, 1.54) is 32.1 Å². The zero-order valence-corrected chi connectivity index (χ0v) is 14.5. The minimum atomic E-state index is -0.762. The first-order chi connectivity index (χ1) is 12.1. The molecule has 1 saturated carbocycles. The number of imidazole rings is 1. The lowest BCUT2D eigenvalue weighted by Gasteiger charge is -2.22. The van der Waals surface area contributed by atoms with E-state index in [2.05, 4.69) is 20.7 Å². The third-order valence-corrected chi connectivity index (χ3v) is 5.07. The molecular formula is C19H26N4O2. The Hall–Kier alpha value is -2.37. The van der Waals surface area contributed by atoms with Gasteiger partial charge >= 0.3 is 5.97 Å². The number of nitrogens with two attached hydrogens (primary N) is 1. The molecule has 2 aromatic rings. The number of aromatic nitrogens is 3. The number of hydrogen-bond acceptors (Lipinski definition) is 4. The molecule has 3 rings (SSSR count). The number of nitrogens with zero attached hydrogens (tertiary/aromatic N) is 3. The largest absolute Gasteiger partial charge is 0.481 e. The van der Waals surface area contributed by atoms with Gasteiger partial charge in [0, 0.05) is 30.8 Å². The smallest absolute Gasteiger partial charge is 0.303 e. The second kappa shape index (κ2) is 8.14. The third kappa shape index (κ3) is 4.59. The minimum absolute atomic E-state index is 0.0530. The van der Waals surface area contributed by atoms with Crippen LogP contribution in [0.3, 0.4) is 0 Å². The summed E-state index contributed by atoms with van der Waals surface area (Å²) < 4.78 is 2.24. The lowest BCUT2D eigenvalue weighted by atomic mass is 9.91. The normalized spacial score (nSPS) is 16.6. The van der Waals surface area contributed by atoms with Gasteiger partial charge in [0.15, 0.2) is 0 Å². The van der Waals surface area contributed by atoms with Crippen LogP contribution in [0.4, 0.5) is 5.82 Å². The molecule has 2 aromatic heterocycles. The van der Waals surface area contributed by atoms with Crippen molar-refractivity contribution in [1.82, 2.24) is 14.5 Å². The second-order valence-electron chi connectivity index (χ2n) is 6.89. The molecule has 6 heteroatoms. The van der Waals surface area contributed by atoms with Crippen molar-refractivity contribution in [2.45, 2.75) is 63.3 Å². The Balaban J connectivity index is 1.79. The predicted molar refractivity (Wildman–Crippen MR) is 96.3 cm³/mol. The molecule has 1 aliphatic carbocycles. The van der Waals surface area contributed by atoms with E-state index in [9.17, 15) is 4.79 Å². The summed E-state index contributed by atoms with van der Waals surface area (Å²) in [6.45, 7) is 0. The van der Waals surface area contributed by atoms with Crippen LogP contribution < -0.4 is 5.73 Å². The van der Waals surface area contributed by atoms with Gasteiger partial charge in [0.2, 0.25) is 0 Å². The van der Waals surface area contributed by atoms with Gasteiger partial charge in [0.05, 0.1) is 12.0 Å². The predicted octanol–water partition coefficient (Wildman–Crippen LogP) is 3.75. The summed E-state index contributed by atoms with van der Waals surface area (Å²) in [4.78, 5) is 19.7. The number of hydrogen-bond donors (Lipinski definition) is 2. The quantitative estimate of drug-likeness (QED) is 0.799. The molecule has 6 nitrogen and oxygen atoms in total. The van der Waals surface area contributed by atoms with E-state index in [1.807, 2.05) is 12.4 Å². The number of aliphatic carboxylic acids is 1. The topological polar surface area (TPSA) is 94.0 Å². The lowest BCUT2D eigenvalue weighted by Crippen LogP contribution is -2.11. The maximum atomic E-state index is 10.9. The Morgan fingerprint density at radius 3 is 2.76 bits per heavy atom. The Morgan fingerprint density at radius 2 is 2.08 bits per heavy atom. The van der Waals surface area contributed by atoms with E-state index < -0.39 is 5.97 Å². The first-order valence-corrected chi connectivity index (χ1v) is 9.10. The fraction of sp³-hybridized carbons (Fsp3) is 0.526. The third-order valence-electron chi connectivity index (χ3n) is 5.07. The SMILES string of the molecule is Nc1ccc([C@@H](CCCC(=O)O)c2cn(C3CCCCC3)cn2)cn1. The van der Waals surface area contributed by atoms with Crippen LogP contribution in [0.1, 0.15) is 74.6 Å². The number of pyridine rings is 1. The van der Waals surface area contributed by atoms with Crippen LogP contribution in [0.15, 0.2) is 30.9 Å². The number of rotatable bonds is 7. The molecule has 0 bridgehead atoms. The van der Waals surface area contributed by atoms with E-state index >= 15 is 0 Å². The first kappa shape index (κ1) is 17.5. The highest BCUT2D eigenvalue weighted by Gasteiger charge is 2.21. The van der Waals surface area contributed by atoms with Crippen molar-refractivity contribution in [1.29, 1.82) is 0 Å². The van der Waals surface area contributed by atoms with E-state index in [0.29, 0.717) is 18.3 Å². The summed E-state index contributed by atoms with van der Waals surface area (Å²) in [6.07, 6.45) is 13.7. The summed E-state index contributed by atoms with van der Waals surface area (Å²) in [5, 5.41) is 8.93. The average molecular weight is 342 g/mol. The molecule has 0 aliphatic heterocycles. The van der Waals surface area contributed by atoms with Crippen LogP contribution in [0.25, 0.3) is 0 Å². The molecule has 25 heavy (non-hydrogen) atoms. The molecule has 1 aliphatic rings. The van der Waals surface area contributed by atoms with Crippen LogP contribution in [0, 0.1) is 0 Å². The molecule has 0 aromatic carbocycles. The highest BCUT2D eigenvalue weighted by Crippen LogP contribution is 2.32. The van der Waals surface area contributed by atoms with Gasteiger partial charge in [-0.2, -0.15) is 0 Å². The van der Waals surface area contributed by atoms with Crippen LogP contribution >= 0.6 is 0 Å². The van der Waals surface area contributed by atoms with E-state index in [1.54, 1.807) is 12.3 Å². The maximum Gasteiger partial charge on any atom is 0.303 e. The number of anilines is 1. The molecular weight excluding hydrogens is 316 g/mol. The first-order valence-electron chi connectivity index (χ1n) is 9.10. The zero-order valence-electron chi connectivity index (χ0n) is 14.5. The van der Waals surface area contributed by atoms with Crippen LogP contribution in [0.5, 0.6) is 0 Å². The van der Waals surface area contributed by atoms with Crippen molar-refractivity contribution in [2.24, 2.45) is 0 Å². The molecule has 0 unspecified atom stereocenters. The fourth-order valence-corrected chi connectivity index (χ4v) is 3.68. The molecule has 0 saturated heterocycles. The summed E-state index contributed by atoms with van der Waals surface area (Å²) in [6, 6.07) is 4.30. The number of nitrogen functional groups attached to an aromatic ring is 1. The van der Waals surface area contributed by atoms with Gasteiger partial charge in [-0.15, -0.1) is 0 Å². The van der Waals surface area contributed by atoms with Crippen LogP contribution in [-0.4, -0.2) is 25.6 Å². The molecule has 3 N–H and O–H groups in total. The van der Waals surface area contributed by atoms with Gasteiger partial charge in [-0.1, -0.05) is 25.3 Å². The summed E-state index contributed by atoms with van der Waals surface area (Å²) in [5.74, 6) is -0.222. The van der Waals surface area contributed by atoms with Gasteiger partial charge in [-0.05, 0) is 37.3 Å². The molecule has 1 atom stereocenters. The maximum absolute atomic E-state index is 10.9. The molecule has 1 fully saturated rings. The lowest BCUT2D eigenvalue weighted by molar-refractivity contribution is -0.137. The van der Waals surface area contributed by atoms with Gasteiger partial charge in [0.25, 0.3) is 0 Å².